The van der Waals surface area contributed by atoms with Gasteiger partial charge in [-0.25, -0.2) is 14.3 Å². The second-order valence-corrected chi connectivity index (χ2v) is 5.62. The zero-order valence-electron chi connectivity index (χ0n) is 11.4. The fourth-order valence-electron chi connectivity index (χ4n) is 1.78. The third-order valence-electron chi connectivity index (χ3n) is 2.76. The molecule has 0 saturated heterocycles. The van der Waals surface area contributed by atoms with Gasteiger partial charge in [-0.15, -0.1) is 5.10 Å². The number of hydrogen-bond acceptors (Lipinski definition) is 5. The number of nitrogens with zero attached hydrogens (tertiary/aromatic N) is 2. The first-order valence-corrected chi connectivity index (χ1v) is 6.86. The van der Waals surface area contributed by atoms with E-state index < -0.39 is 17.4 Å². The first-order valence-electron chi connectivity index (χ1n) is 6.04. The molecule has 0 bridgehead atoms. The van der Waals surface area contributed by atoms with Gasteiger partial charge in [0.15, 0.2) is 5.16 Å². The zero-order chi connectivity index (χ0) is 15.7. The van der Waals surface area contributed by atoms with Gasteiger partial charge in [0.05, 0.1) is 10.5 Å². The van der Waals surface area contributed by atoms with E-state index in [1.807, 2.05) is 0 Å². The van der Waals surface area contributed by atoms with Crippen LogP contribution in [0.3, 0.4) is 0 Å². The van der Waals surface area contributed by atoms with Crippen LogP contribution in [0.1, 0.15) is 30.2 Å². The molecule has 1 aromatic heterocycles. The average molecular weight is 311 g/mol. The summed E-state index contributed by atoms with van der Waals surface area (Å²) >= 11 is 0.913. The van der Waals surface area contributed by atoms with Crippen molar-refractivity contribution in [3.8, 4) is 0 Å². The highest BCUT2D eigenvalue weighted by atomic mass is 32.2. The van der Waals surface area contributed by atoms with Gasteiger partial charge in [0.2, 0.25) is 0 Å². The number of primary amides is 1. The number of anilines is 1. The lowest BCUT2D eigenvalue weighted by Crippen LogP contribution is -2.19. The minimum absolute atomic E-state index is 0.0212. The van der Waals surface area contributed by atoms with Gasteiger partial charge >= 0.3 is 5.69 Å². The predicted molar refractivity (Wildman–Crippen MR) is 76.7 cm³/mol. The van der Waals surface area contributed by atoms with Crippen LogP contribution in [0.4, 0.5) is 10.1 Å². The molecule has 1 aromatic carbocycles. The van der Waals surface area contributed by atoms with Crippen molar-refractivity contribution in [3.63, 3.8) is 0 Å². The molecular weight excluding hydrogens is 297 g/mol. The van der Waals surface area contributed by atoms with E-state index in [-0.39, 0.29) is 27.3 Å². The molecule has 0 fully saturated rings. The number of halogens is 1. The Morgan fingerprint density at radius 2 is 2.14 bits per heavy atom. The number of aromatic amines is 1. The maximum atomic E-state index is 13.9. The van der Waals surface area contributed by atoms with Crippen molar-refractivity contribution in [2.45, 2.75) is 29.9 Å². The first kappa shape index (κ1) is 15.1. The predicted octanol–water partition coefficient (Wildman–Crippen LogP) is 1.12. The van der Waals surface area contributed by atoms with Crippen molar-refractivity contribution in [2.75, 3.05) is 5.73 Å². The Kier molecular flexibility index (Phi) is 4.03. The molecular formula is C12H14FN5O2S. The van der Waals surface area contributed by atoms with Gasteiger partial charge < -0.3 is 11.5 Å². The molecule has 0 aliphatic rings. The average Bonchev–Trinajstić information content (AvgIpc) is 2.73. The largest absolute Gasteiger partial charge is 0.398 e. The number of nitrogens with two attached hydrogens (primary N) is 2. The third-order valence-corrected chi connectivity index (χ3v) is 3.76. The summed E-state index contributed by atoms with van der Waals surface area (Å²) in [6.45, 7) is 3.60. The number of carbonyl (C=O) groups excluding carboxylic acids is 1. The van der Waals surface area contributed by atoms with E-state index in [0.717, 1.165) is 17.8 Å². The summed E-state index contributed by atoms with van der Waals surface area (Å²) in [5.74, 6) is -1.37. The van der Waals surface area contributed by atoms with Crippen molar-refractivity contribution >= 4 is 23.4 Å². The van der Waals surface area contributed by atoms with E-state index in [1.54, 1.807) is 13.8 Å². The molecule has 0 unspecified atom stereocenters. The SMILES string of the molecule is CC(C)n1c(Sc2cc(C(N)=O)c(N)cc2F)n[nH]c1=O. The van der Waals surface area contributed by atoms with Crippen molar-refractivity contribution < 1.29 is 9.18 Å². The van der Waals surface area contributed by atoms with Gasteiger partial charge in [-0.05, 0) is 37.7 Å². The standard InChI is InChI=1S/C12H14FN5O2S/c1-5(2)18-11(20)16-17-12(18)21-9-3-6(10(15)19)8(14)4-7(9)13/h3-5H,14H2,1-2H3,(H2,15,19)(H,16,20). The van der Waals surface area contributed by atoms with E-state index in [4.69, 9.17) is 11.5 Å². The molecule has 0 aliphatic heterocycles. The van der Waals surface area contributed by atoms with Crippen LogP contribution in [-0.4, -0.2) is 20.7 Å². The Balaban J connectivity index is 2.47. The Morgan fingerprint density at radius 1 is 1.48 bits per heavy atom. The van der Waals surface area contributed by atoms with Crippen LogP contribution in [-0.2, 0) is 0 Å². The van der Waals surface area contributed by atoms with Gasteiger partial charge in [0.1, 0.15) is 5.82 Å². The van der Waals surface area contributed by atoms with Gasteiger partial charge in [-0.2, -0.15) is 0 Å². The van der Waals surface area contributed by atoms with Crippen molar-refractivity contribution in [1.29, 1.82) is 0 Å². The number of rotatable bonds is 4. The summed E-state index contributed by atoms with van der Waals surface area (Å²) < 4.78 is 15.3. The summed E-state index contributed by atoms with van der Waals surface area (Å²) in [4.78, 5) is 23.0. The maximum absolute atomic E-state index is 13.9. The lowest BCUT2D eigenvalue weighted by molar-refractivity contribution is 0.100. The van der Waals surface area contributed by atoms with Crippen LogP contribution in [0.5, 0.6) is 0 Å². The number of nitrogens with one attached hydrogen (secondary N) is 1. The van der Waals surface area contributed by atoms with E-state index in [0.29, 0.717) is 0 Å². The van der Waals surface area contributed by atoms with Crippen LogP contribution in [0, 0.1) is 5.82 Å². The molecule has 21 heavy (non-hydrogen) atoms. The summed E-state index contributed by atoms with van der Waals surface area (Å²) in [6, 6.07) is 2.13. The molecule has 0 radical (unpaired) electrons. The van der Waals surface area contributed by atoms with Crippen LogP contribution in [0.25, 0.3) is 0 Å². The molecule has 112 valence electrons. The second-order valence-electron chi connectivity index (χ2n) is 4.61. The Labute approximate surface area is 123 Å². The van der Waals surface area contributed by atoms with Crippen molar-refractivity contribution in [3.05, 3.63) is 34.0 Å². The molecule has 5 N–H and O–H groups in total. The Hall–Kier alpha value is -2.29. The Morgan fingerprint density at radius 3 is 2.71 bits per heavy atom. The van der Waals surface area contributed by atoms with Crippen molar-refractivity contribution in [1.82, 2.24) is 14.8 Å². The van der Waals surface area contributed by atoms with E-state index in [9.17, 15) is 14.0 Å². The number of hydrogen-bond donors (Lipinski definition) is 3. The highest BCUT2D eigenvalue weighted by molar-refractivity contribution is 7.99. The number of carbonyl (C=O) groups is 1. The molecule has 1 heterocycles. The van der Waals surface area contributed by atoms with Crippen molar-refractivity contribution in [2.24, 2.45) is 5.73 Å². The minimum Gasteiger partial charge on any atom is -0.398 e. The molecule has 0 atom stereocenters. The monoisotopic (exact) mass is 311 g/mol. The fraction of sp³-hybridized carbons (Fsp3) is 0.250. The maximum Gasteiger partial charge on any atom is 0.344 e. The van der Waals surface area contributed by atoms with Gasteiger partial charge in [-0.1, -0.05) is 0 Å². The van der Waals surface area contributed by atoms with Crippen LogP contribution in [0.15, 0.2) is 27.0 Å². The molecule has 2 aromatic rings. The van der Waals surface area contributed by atoms with Crippen LogP contribution >= 0.6 is 11.8 Å². The number of aromatic nitrogens is 3. The normalized spacial score (nSPS) is 11.0. The molecule has 0 spiro atoms. The molecule has 7 nitrogen and oxygen atoms in total. The number of benzene rings is 1. The molecule has 1 amide bonds. The van der Waals surface area contributed by atoms with E-state index >= 15 is 0 Å². The molecule has 0 aliphatic carbocycles. The van der Waals surface area contributed by atoms with Crippen LogP contribution in [0.2, 0.25) is 0 Å². The smallest absolute Gasteiger partial charge is 0.344 e. The molecule has 0 saturated carbocycles. The van der Waals surface area contributed by atoms with Gasteiger partial charge in [-0.3, -0.25) is 9.36 Å². The number of nitrogen functional groups attached to an aromatic ring is 1. The summed E-state index contributed by atoms with van der Waals surface area (Å²) in [6.07, 6.45) is 0. The number of amides is 1. The molecule has 2 rings (SSSR count). The highest BCUT2D eigenvalue weighted by Gasteiger charge is 2.17. The van der Waals surface area contributed by atoms with Gasteiger partial charge in [0.25, 0.3) is 5.91 Å². The fourth-order valence-corrected chi connectivity index (χ4v) is 2.79. The third kappa shape index (κ3) is 2.92. The quantitative estimate of drug-likeness (QED) is 0.731. The highest BCUT2D eigenvalue weighted by Crippen LogP contribution is 2.31. The summed E-state index contributed by atoms with van der Waals surface area (Å²) in [7, 11) is 0. The lowest BCUT2D eigenvalue weighted by Gasteiger charge is -2.10. The lowest BCUT2D eigenvalue weighted by atomic mass is 10.1. The summed E-state index contributed by atoms with van der Waals surface area (Å²) in [5, 5.41) is 6.44. The Bertz CT molecular complexity index is 753. The minimum atomic E-state index is -0.752. The first-order chi connectivity index (χ1) is 9.81. The van der Waals surface area contributed by atoms with Crippen LogP contribution < -0.4 is 17.2 Å². The van der Waals surface area contributed by atoms with Gasteiger partial charge in [0, 0.05) is 11.7 Å². The number of H-pyrrole nitrogens is 1. The second kappa shape index (κ2) is 5.60. The zero-order valence-corrected chi connectivity index (χ0v) is 12.2. The van der Waals surface area contributed by atoms with E-state index in [2.05, 4.69) is 10.2 Å². The molecule has 9 heteroatoms. The topological polar surface area (TPSA) is 120 Å². The summed E-state index contributed by atoms with van der Waals surface area (Å²) in [5.41, 5.74) is 10.3. The van der Waals surface area contributed by atoms with E-state index in [1.165, 1.54) is 10.6 Å².